The molecule has 0 bridgehead atoms. The highest BCUT2D eigenvalue weighted by Crippen LogP contribution is 2.23. The van der Waals surface area contributed by atoms with Gasteiger partial charge in [-0.3, -0.25) is 9.36 Å². The monoisotopic (exact) mass is 352 g/mol. The molecule has 5 heteroatoms. The summed E-state index contributed by atoms with van der Waals surface area (Å²) in [6.45, 7) is 4.26. The number of carbonyl (C=O) groups is 1. The van der Waals surface area contributed by atoms with Gasteiger partial charge >= 0.3 is 5.97 Å². The molecule has 128 valence electrons. The van der Waals surface area contributed by atoms with Gasteiger partial charge in [0.15, 0.2) is 4.80 Å². The van der Waals surface area contributed by atoms with Gasteiger partial charge in [0.1, 0.15) is 6.54 Å². The molecule has 0 amide bonds. The minimum absolute atomic E-state index is 0.0223. The first-order chi connectivity index (χ1) is 12.2. The van der Waals surface area contributed by atoms with Crippen LogP contribution in [0.15, 0.2) is 65.0 Å². The molecule has 2 aromatic carbocycles. The fourth-order valence-electron chi connectivity index (χ4n) is 2.51. The van der Waals surface area contributed by atoms with Crippen LogP contribution in [-0.2, 0) is 9.53 Å². The van der Waals surface area contributed by atoms with Crippen LogP contribution in [0, 0.1) is 6.92 Å². The molecule has 0 aliphatic heterocycles. The Morgan fingerprint density at radius 3 is 2.52 bits per heavy atom. The Hall–Kier alpha value is -2.66. The number of aromatic nitrogens is 1. The SMILES string of the molecule is CCOC(=O)CN=c1scc(-c2ccc(C)cc2)n1-c1ccccc1. The zero-order valence-corrected chi connectivity index (χ0v) is 15.1. The highest BCUT2D eigenvalue weighted by Gasteiger charge is 2.10. The maximum Gasteiger partial charge on any atom is 0.327 e. The number of aryl methyl sites for hydroxylation is 1. The third kappa shape index (κ3) is 4.06. The minimum Gasteiger partial charge on any atom is -0.465 e. The number of thiazole rings is 1. The van der Waals surface area contributed by atoms with E-state index in [9.17, 15) is 4.79 Å². The average molecular weight is 352 g/mol. The molecule has 0 saturated heterocycles. The summed E-state index contributed by atoms with van der Waals surface area (Å²) < 4.78 is 7.05. The summed E-state index contributed by atoms with van der Waals surface area (Å²) in [6.07, 6.45) is 0. The van der Waals surface area contributed by atoms with Crippen molar-refractivity contribution in [3.63, 3.8) is 0 Å². The molecule has 3 aromatic rings. The Labute approximate surface area is 151 Å². The molecular weight excluding hydrogens is 332 g/mol. The van der Waals surface area contributed by atoms with E-state index in [1.54, 1.807) is 6.92 Å². The lowest BCUT2D eigenvalue weighted by Crippen LogP contribution is -2.17. The highest BCUT2D eigenvalue weighted by molar-refractivity contribution is 7.07. The summed E-state index contributed by atoms with van der Waals surface area (Å²) in [5.74, 6) is -0.313. The number of nitrogens with zero attached hydrogens (tertiary/aromatic N) is 2. The molecular formula is C20H20N2O2S. The molecule has 0 spiro atoms. The second-order valence-electron chi connectivity index (χ2n) is 5.56. The Bertz CT molecular complexity index is 909. The van der Waals surface area contributed by atoms with Crippen molar-refractivity contribution >= 4 is 17.3 Å². The van der Waals surface area contributed by atoms with Crippen LogP contribution in [0.5, 0.6) is 0 Å². The summed E-state index contributed by atoms with van der Waals surface area (Å²) in [4.78, 5) is 16.9. The van der Waals surface area contributed by atoms with Crippen LogP contribution in [0.1, 0.15) is 12.5 Å². The Morgan fingerprint density at radius 1 is 1.12 bits per heavy atom. The zero-order valence-electron chi connectivity index (χ0n) is 14.3. The molecule has 1 aromatic heterocycles. The molecule has 0 N–H and O–H groups in total. The Morgan fingerprint density at radius 2 is 1.84 bits per heavy atom. The van der Waals surface area contributed by atoms with Gasteiger partial charge in [-0.25, -0.2) is 4.99 Å². The second-order valence-corrected chi connectivity index (χ2v) is 6.40. The number of rotatable bonds is 5. The predicted molar refractivity (Wildman–Crippen MR) is 101 cm³/mol. The number of hydrogen-bond donors (Lipinski definition) is 0. The van der Waals surface area contributed by atoms with E-state index in [1.807, 2.05) is 30.3 Å². The summed E-state index contributed by atoms with van der Waals surface area (Å²) in [5.41, 5.74) is 4.40. The van der Waals surface area contributed by atoms with Gasteiger partial charge in [-0.2, -0.15) is 0 Å². The van der Waals surface area contributed by atoms with E-state index >= 15 is 0 Å². The quantitative estimate of drug-likeness (QED) is 0.652. The number of carbonyl (C=O) groups excluding carboxylic acids is 1. The fourth-order valence-corrected chi connectivity index (χ4v) is 3.42. The largest absolute Gasteiger partial charge is 0.465 e. The fraction of sp³-hybridized carbons (Fsp3) is 0.200. The first-order valence-corrected chi connectivity index (χ1v) is 9.06. The van der Waals surface area contributed by atoms with Crippen LogP contribution in [0.3, 0.4) is 0 Å². The van der Waals surface area contributed by atoms with Crippen LogP contribution in [0.4, 0.5) is 0 Å². The van der Waals surface area contributed by atoms with Gasteiger partial charge in [0.25, 0.3) is 0 Å². The molecule has 0 saturated carbocycles. The lowest BCUT2D eigenvalue weighted by molar-refractivity contribution is -0.141. The van der Waals surface area contributed by atoms with Crippen molar-refractivity contribution in [2.75, 3.05) is 13.2 Å². The molecule has 0 radical (unpaired) electrons. The van der Waals surface area contributed by atoms with Gasteiger partial charge in [-0.05, 0) is 31.5 Å². The van der Waals surface area contributed by atoms with Crippen molar-refractivity contribution in [1.29, 1.82) is 0 Å². The third-order valence-electron chi connectivity index (χ3n) is 3.72. The summed E-state index contributed by atoms with van der Waals surface area (Å²) >= 11 is 1.52. The van der Waals surface area contributed by atoms with Gasteiger partial charge in [0.2, 0.25) is 0 Å². The molecule has 3 rings (SSSR count). The maximum absolute atomic E-state index is 11.7. The smallest absolute Gasteiger partial charge is 0.327 e. The van der Waals surface area contributed by atoms with Gasteiger partial charge in [-0.15, -0.1) is 11.3 Å². The molecule has 0 fully saturated rings. The standard InChI is InChI=1S/C20H20N2O2S/c1-3-24-19(23)13-21-20-22(17-7-5-4-6-8-17)18(14-25-20)16-11-9-15(2)10-12-16/h4-12,14H,3,13H2,1-2H3. The van der Waals surface area contributed by atoms with Crippen molar-refractivity contribution < 1.29 is 9.53 Å². The van der Waals surface area contributed by atoms with Gasteiger partial charge < -0.3 is 4.74 Å². The van der Waals surface area contributed by atoms with Gasteiger partial charge in [0.05, 0.1) is 12.3 Å². The van der Waals surface area contributed by atoms with Crippen molar-refractivity contribution in [2.24, 2.45) is 4.99 Å². The zero-order chi connectivity index (χ0) is 17.6. The second kappa shape index (κ2) is 7.94. The van der Waals surface area contributed by atoms with Crippen LogP contribution >= 0.6 is 11.3 Å². The number of esters is 1. The van der Waals surface area contributed by atoms with E-state index in [2.05, 4.69) is 46.1 Å². The molecule has 0 unspecified atom stereocenters. The maximum atomic E-state index is 11.7. The highest BCUT2D eigenvalue weighted by atomic mass is 32.1. The molecule has 0 aliphatic carbocycles. The number of ether oxygens (including phenoxy) is 1. The number of para-hydroxylation sites is 1. The van der Waals surface area contributed by atoms with E-state index in [0.29, 0.717) is 6.61 Å². The summed E-state index contributed by atoms with van der Waals surface area (Å²) in [6, 6.07) is 18.4. The van der Waals surface area contributed by atoms with Crippen LogP contribution in [0.2, 0.25) is 0 Å². The normalized spacial score (nSPS) is 11.5. The Balaban J connectivity index is 2.09. The van der Waals surface area contributed by atoms with Crippen molar-refractivity contribution in [3.05, 3.63) is 70.3 Å². The Kier molecular flexibility index (Phi) is 5.46. The van der Waals surface area contributed by atoms with Crippen LogP contribution in [0.25, 0.3) is 16.9 Å². The summed E-state index contributed by atoms with van der Waals surface area (Å²) in [5, 5.41) is 2.07. The third-order valence-corrected chi connectivity index (χ3v) is 4.58. The van der Waals surface area contributed by atoms with Crippen molar-refractivity contribution in [1.82, 2.24) is 4.57 Å². The molecule has 0 atom stereocenters. The first-order valence-electron chi connectivity index (χ1n) is 8.18. The van der Waals surface area contributed by atoms with E-state index in [-0.39, 0.29) is 12.5 Å². The van der Waals surface area contributed by atoms with E-state index < -0.39 is 0 Å². The van der Waals surface area contributed by atoms with Gasteiger partial charge in [0, 0.05) is 11.1 Å². The molecule has 0 aliphatic rings. The number of benzene rings is 2. The van der Waals surface area contributed by atoms with E-state index in [1.165, 1.54) is 16.9 Å². The van der Waals surface area contributed by atoms with Crippen molar-refractivity contribution in [3.8, 4) is 16.9 Å². The topological polar surface area (TPSA) is 43.6 Å². The molecule has 4 nitrogen and oxygen atoms in total. The van der Waals surface area contributed by atoms with Crippen LogP contribution in [-0.4, -0.2) is 23.7 Å². The lowest BCUT2D eigenvalue weighted by atomic mass is 10.1. The van der Waals surface area contributed by atoms with E-state index in [0.717, 1.165) is 21.7 Å². The first kappa shape index (κ1) is 17.2. The average Bonchev–Trinajstić information content (AvgIpc) is 3.05. The van der Waals surface area contributed by atoms with Crippen molar-refractivity contribution in [2.45, 2.75) is 13.8 Å². The van der Waals surface area contributed by atoms with Gasteiger partial charge in [-0.1, -0.05) is 48.0 Å². The predicted octanol–water partition coefficient (Wildman–Crippen LogP) is 3.98. The summed E-state index contributed by atoms with van der Waals surface area (Å²) in [7, 11) is 0. The molecule has 25 heavy (non-hydrogen) atoms. The number of hydrogen-bond acceptors (Lipinski definition) is 4. The van der Waals surface area contributed by atoms with E-state index in [4.69, 9.17) is 4.74 Å². The molecule has 1 heterocycles. The lowest BCUT2D eigenvalue weighted by Gasteiger charge is -2.09. The van der Waals surface area contributed by atoms with Crippen LogP contribution < -0.4 is 4.80 Å². The minimum atomic E-state index is -0.313.